The normalized spacial score (nSPS) is 11.8. The highest BCUT2D eigenvalue weighted by Gasteiger charge is 2.23. The number of nitrogens with one attached hydrogen (secondary N) is 1. The molecular weight excluding hydrogens is 346 g/mol. The number of aryl methyl sites for hydroxylation is 2. The summed E-state index contributed by atoms with van der Waals surface area (Å²) < 4.78 is 28.4. The average molecular weight is 360 g/mol. The molecule has 7 nitrogen and oxygen atoms in total. The van der Waals surface area contributed by atoms with Gasteiger partial charge in [0.05, 0.1) is 12.2 Å². The van der Waals surface area contributed by atoms with Gasteiger partial charge in [0.15, 0.2) is 4.60 Å². The molecule has 0 bridgehead atoms. The van der Waals surface area contributed by atoms with E-state index >= 15 is 0 Å². The Hall–Kier alpha value is -1.32. The second-order valence-electron chi connectivity index (χ2n) is 4.10. The summed E-state index contributed by atoms with van der Waals surface area (Å²) in [6.45, 7) is 2.13. The summed E-state index contributed by atoms with van der Waals surface area (Å²) in [6, 6.07) is 3.76. The van der Waals surface area contributed by atoms with Crippen LogP contribution in [0.4, 0.5) is 0 Å². The maximum Gasteiger partial charge on any atom is 0.260 e. The average Bonchev–Trinajstić information content (AvgIpc) is 2.77. The van der Waals surface area contributed by atoms with Gasteiger partial charge in [-0.2, -0.15) is 0 Å². The molecule has 2 heterocycles. The van der Waals surface area contributed by atoms with Gasteiger partial charge < -0.3 is 0 Å². The van der Waals surface area contributed by atoms with E-state index < -0.39 is 10.0 Å². The van der Waals surface area contributed by atoms with Crippen LogP contribution in [0.3, 0.4) is 0 Å². The number of hydrogen-bond donors (Lipinski definition) is 1. The van der Waals surface area contributed by atoms with Crippen LogP contribution < -0.4 is 4.72 Å². The van der Waals surface area contributed by atoms with Crippen molar-refractivity contribution in [2.24, 2.45) is 7.05 Å². The van der Waals surface area contributed by atoms with Gasteiger partial charge in [-0.15, -0.1) is 5.10 Å². The standard InChI is InChI=1S/C11H14BrN5O2S/c1-3-8-5-4-6-13-9(8)7-14-20(18,19)11-10(12)15-16-17(11)2/h4-6,14H,3,7H2,1-2H3. The van der Waals surface area contributed by atoms with Gasteiger partial charge in [-0.1, -0.05) is 18.2 Å². The van der Waals surface area contributed by atoms with Gasteiger partial charge in [0.1, 0.15) is 0 Å². The molecule has 9 heteroatoms. The molecule has 0 saturated heterocycles. The Bertz CT molecular complexity index is 694. The van der Waals surface area contributed by atoms with Crippen LogP contribution >= 0.6 is 15.9 Å². The quantitative estimate of drug-likeness (QED) is 0.860. The fourth-order valence-electron chi connectivity index (χ4n) is 1.79. The lowest BCUT2D eigenvalue weighted by molar-refractivity contribution is 0.559. The van der Waals surface area contributed by atoms with E-state index in [0.29, 0.717) is 5.69 Å². The summed E-state index contributed by atoms with van der Waals surface area (Å²) in [5.74, 6) is 0. The molecule has 0 saturated carbocycles. The van der Waals surface area contributed by atoms with Crippen molar-refractivity contribution in [3.8, 4) is 0 Å². The minimum atomic E-state index is -3.70. The molecule has 1 N–H and O–H groups in total. The maximum absolute atomic E-state index is 12.2. The third-order valence-electron chi connectivity index (χ3n) is 2.79. The van der Waals surface area contributed by atoms with Crippen LogP contribution in [0.2, 0.25) is 0 Å². The van der Waals surface area contributed by atoms with E-state index in [1.807, 2.05) is 19.1 Å². The molecule has 0 amide bonds. The fourth-order valence-corrected chi connectivity index (χ4v) is 3.87. The smallest absolute Gasteiger partial charge is 0.260 e. The van der Waals surface area contributed by atoms with Gasteiger partial charge >= 0.3 is 0 Å². The largest absolute Gasteiger partial charge is 0.260 e. The van der Waals surface area contributed by atoms with Crippen molar-refractivity contribution >= 4 is 26.0 Å². The van der Waals surface area contributed by atoms with Crippen molar-refractivity contribution in [1.29, 1.82) is 0 Å². The molecule has 0 radical (unpaired) electrons. The number of aromatic nitrogens is 4. The molecule has 0 atom stereocenters. The first kappa shape index (κ1) is 15.1. The lowest BCUT2D eigenvalue weighted by Crippen LogP contribution is -2.26. The third-order valence-corrected chi connectivity index (χ3v) is 5.07. The van der Waals surface area contributed by atoms with E-state index in [9.17, 15) is 8.42 Å². The molecule has 2 aromatic heterocycles. The van der Waals surface area contributed by atoms with Crippen LogP contribution in [0.15, 0.2) is 28.0 Å². The van der Waals surface area contributed by atoms with E-state index in [1.165, 1.54) is 11.7 Å². The first-order valence-electron chi connectivity index (χ1n) is 5.93. The third kappa shape index (κ3) is 3.05. The molecule has 2 rings (SSSR count). The highest BCUT2D eigenvalue weighted by molar-refractivity contribution is 9.10. The van der Waals surface area contributed by atoms with Crippen molar-refractivity contribution < 1.29 is 8.42 Å². The Balaban J connectivity index is 2.22. The minimum Gasteiger partial charge on any atom is -0.260 e. The zero-order chi connectivity index (χ0) is 14.8. The lowest BCUT2D eigenvalue weighted by atomic mass is 10.1. The van der Waals surface area contributed by atoms with Crippen LogP contribution in [0, 0.1) is 0 Å². The number of halogens is 1. The molecule has 2 aromatic rings. The van der Waals surface area contributed by atoms with E-state index in [4.69, 9.17) is 0 Å². The summed E-state index contributed by atoms with van der Waals surface area (Å²) in [6.07, 6.45) is 2.44. The molecule has 0 fully saturated rings. The molecule has 0 aliphatic carbocycles. The first-order chi connectivity index (χ1) is 9.45. The Morgan fingerprint density at radius 3 is 2.80 bits per heavy atom. The summed E-state index contributed by atoms with van der Waals surface area (Å²) in [7, 11) is -2.18. The molecule has 0 aliphatic rings. The molecule has 0 spiro atoms. The van der Waals surface area contributed by atoms with Crippen molar-refractivity contribution in [2.75, 3.05) is 0 Å². The predicted octanol–water partition coefficient (Wildman–Crippen LogP) is 1.01. The molecule has 0 aliphatic heterocycles. The number of hydrogen-bond acceptors (Lipinski definition) is 5. The van der Waals surface area contributed by atoms with Gasteiger partial charge in [-0.3, -0.25) is 4.98 Å². The summed E-state index contributed by atoms with van der Waals surface area (Å²) >= 11 is 3.08. The SMILES string of the molecule is CCc1cccnc1CNS(=O)(=O)c1c(Br)nnn1C. The Kier molecular flexibility index (Phi) is 4.51. The van der Waals surface area contributed by atoms with Crippen LogP contribution in [-0.2, 0) is 30.0 Å². The molecule has 0 aromatic carbocycles. The Morgan fingerprint density at radius 1 is 1.45 bits per heavy atom. The summed E-state index contributed by atoms with van der Waals surface area (Å²) in [5.41, 5.74) is 1.72. The molecule has 0 unspecified atom stereocenters. The number of rotatable bonds is 5. The van der Waals surface area contributed by atoms with Crippen molar-refractivity contribution in [3.63, 3.8) is 0 Å². The van der Waals surface area contributed by atoms with Crippen molar-refractivity contribution in [1.82, 2.24) is 24.7 Å². The Labute approximate surface area is 125 Å². The number of sulfonamides is 1. The predicted molar refractivity (Wildman–Crippen MR) is 76.3 cm³/mol. The van der Waals surface area contributed by atoms with Gasteiger partial charge in [0, 0.05) is 13.2 Å². The van der Waals surface area contributed by atoms with E-state index in [0.717, 1.165) is 12.0 Å². The van der Waals surface area contributed by atoms with Gasteiger partial charge in [0.25, 0.3) is 10.0 Å². The minimum absolute atomic E-state index is 0.00789. The van der Waals surface area contributed by atoms with E-state index in [2.05, 4.69) is 35.9 Å². The van der Waals surface area contributed by atoms with Gasteiger partial charge in [-0.25, -0.2) is 17.8 Å². The maximum atomic E-state index is 12.2. The highest BCUT2D eigenvalue weighted by Crippen LogP contribution is 2.18. The topological polar surface area (TPSA) is 89.8 Å². The Morgan fingerprint density at radius 2 is 2.20 bits per heavy atom. The van der Waals surface area contributed by atoms with Crippen molar-refractivity contribution in [3.05, 3.63) is 34.2 Å². The van der Waals surface area contributed by atoms with E-state index in [-0.39, 0.29) is 16.2 Å². The monoisotopic (exact) mass is 359 g/mol. The van der Waals surface area contributed by atoms with Crippen LogP contribution in [0.25, 0.3) is 0 Å². The van der Waals surface area contributed by atoms with Crippen LogP contribution in [0.5, 0.6) is 0 Å². The first-order valence-corrected chi connectivity index (χ1v) is 8.21. The number of pyridine rings is 1. The second-order valence-corrected chi connectivity index (χ2v) is 6.53. The second kappa shape index (κ2) is 5.98. The van der Waals surface area contributed by atoms with Gasteiger partial charge in [0.2, 0.25) is 5.03 Å². The highest BCUT2D eigenvalue weighted by atomic mass is 79.9. The zero-order valence-electron chi connectivity index (χ0n) is 11.0. The van der Waals surface area contributed by atoms with Crippen molar-refractivity contribution in [2.45, 2.75) is 24.9 Å². The molecular formula is C11H14BrN5O2S. The molecule has 108 valence electrons. The lowest BCUT2D eigenvalue weighted by Gasteiger charge is -2.09. The van der Waals surface area contributed by atoms with E-state index in [1.54, 1.807) is 6.20 Å². The number of nitrogens with zero attached hydrogens (tertiary/aromatic N) is 4. The van der Waals surface area contributed by atoms with Gasteiger partial charge in [-0.05, 0) is 34.0 Å². The summed E-state index contributed by atoms with van der Waals surface area (Å²) in [4.78, 5) is 4.20. The summed E-state index contributed by atoms with van der Waals surface area (Å²) in [5, 5.41) is 7.31. The molecule has 20 heavy (non-hydrogen) atoms. The van der Waals surface area contributed by atoms with Crippen LogP contribution in [-0.4, -0.2) is 28.4 Å². The zero-order valence-corrected chi connectivity index (χ0v) is 13.4. The van der Waals surface area contributed by atoms with Crippen LogP contribution in [0.1, 0.15) is 18.2 Å². The fraction of sp³-hybridized carbons (Fsp3) is 0.364.